The molecule has 0 bridgehead atoms. The summed E-state index contributed by atoms with van der Waals surface area (Å²) < 4.78 is 5.46. The van der Waals surface area contributed by atoms with Crippen molar-refractivity contribution in [1.29, 1.82) is 0 Å². The molecule has 3 rings (SSSR count). The third-order valence-electron chi connectivity index (χ3n) is 3.72. The van der Waals surface area contributed by atoms with Gasteiger partial charge in [-0.15, -0.1) is 0 Å². The fourth-order valence-electron chi connectivity index (χ4n) is 2.64. The molecule has 0 saturated carbocycles. The average molecular weight is 283 g/mol. The van der Waals surface area contributed by atoms with E-state index >= 15 is 0 Å². The number of rotatable bonds is 4. The molecule has 1 aliphatic heterocycles. The van der Waals surface area contributed by atoms with E-state index in [2.05, 4.69) is 0 Å². The summed E-state index contributed by atoms with van der Waals surface area (Å²) in [6.07, 6.45) is -0.806. The fourth-order valence-corrected chi connectivity index (χ4v) is 2.64. The molecule has 4 heteroatoms. The summed E-state index contributed by atoms with van der Waals surface area (Å²) in [5.41, 5.74) is 1.92. The smallest absolute Gasteiger partial charge is 0.411 e. The summed E-state index contributed by atoms with van der Waals surface area (Å²) in [5, 5.41) is 9.69. The van der Waals surface area contributed by atoms with E-state index in [4.69, 9.17) is 4.74 Å². The number of cyclic esters (lactones) is 1. The molecule has 1 fully saturated rings. The van der Waals surface area contributed by atoms with Crippen molar-refractivity contribution in [1.82, 2.24) is 4.90 Å². The van der Waals surface area contributed by atoms with Gasteiger partial charge in [-0.25, -0.2) is 4.79 Å². The van der Waals surface area contributed by atoms with Crippen molar-refractivity contribution >= 4 is 6.09 Å². The molecular weight excluding hydrogens is 266 g/mol. The van der Waals surface area contributed by atoms with Gasteiger partial charge in [0, 0.05) is 6.54 Å². The first-order valence-corrected chi connectivity index (χ1v) is 6.96. The van der Waals surface area contributed by atoms with Gasteiger partial charge < -0.3 is 9.84 Å². The third kappa shape index (κ3) is 2.76. The van der Waals surface area contributed by atoms with E-state index in [0.29, 0.717) is 6.54 Å². The van der Waals surface area contributed by atoms with Gasteiger partial charge in [-0.2, -0.15) is 0 Å². The van der Waals surface area contributed by atoms with Crippen molar-refractivity contribution in [2.24, 2.45) is 0 Å². The van der Waals surface area contributed by atoms with Crippen LogP contribution in [0.15, 0.2) is 60.7 Å². The second kappa shape index (κ2) is 5.97. The van der Waals surface area contributed by atoms with Crippen LogP contribution >= 0.6 is 0 Å². The minimum absolute atomic E-state index is 0.127. The zero-order valence-electron chi connectivity index (χ0n) is 11.6. The SMILES string of the molecule is O=C1O[C@@H](c2ccccc2)[C@@H](CO)N1Cc1ccccc1. The molecule has 0 aromatic heterocycles. The maximum absolute atomic E-state index is 12.1. The summed E-state index contributed by atoms with van der Waals surface area (Å²) in [6, 6.07) is 18.9. The van der Waals surface area contributed by atoms with Crippen molar-refractivity contribution in [3.05, 3.63) is 71.8 Å². The zero-order valence-corrected chi connectivity index (χ0v) is 11.6. The number of ether oxygens (including phenoxy) is 1. The number of carbonyl (C=O) groups is 1. The zero-order chi connectivity index (χ0) is 14.7. The normalized spacial score (nSPS) is 21.4. The van der Waals surface area contributed by atoms with E-state index in [1.165, 1.54) is 0 Å². The highest BCUT2D eigenvalue weighted by atomic mass is 16.6. The Morgan fingerprint density at radius 1 is 1.00 bits per heavy atom. The maximum atomic E-state index is 12.1. The molecule has 2 aromatic rings. The standard InChI is InChI=1S/C17H17NO3/c19-12-15-16(14-9-5-2-6-10-14)21-17(20)18(15)11-13-7-3-1-4-8-13/h1-10,15-16,19H,11-12H2/t15-,16+/m1/s1. The summed E-state index contributed by atoms with van der Waals surface area (Å²) in [7, 11) is 0. The Balaban J connectivity index is 1.83. The lowest BCUT2D eigenvalue weighted by Crippen LogP contribution is -2.36. The van der Waals surface area contributed by atoms with Gasteiger partial charge in [0.1, 0.15) is 0 Å². The van der Waals surface area contributed by atoms with Gasteiger partial charge in [0.15, 0.2) is 6.10 Å². The van der Waals surface area contributed by atoms with E-state index in [-0.39, 0.29) is 18.7 Å². The van der Waals surface area contributed by atoms with Crippen molar-refractivity contribution in [3.8, 4) is 0 Å². The predicted octanol–water partition coefficient (Wildman–Crippen LogP) is 2.74. The molecule has 1 heterocycles. The molecule has 108 valence electrons. The van der Waals surface area contributed by atoms with Crippen molar-refractivity contribution < 1.29 is 14.6 Å². The van der Waals surface area contributed by atoms with Crippen LogP contribution in [0.4, 0.5) is 4.79 Å². The Morgan fingerprint density at radius 3 is 2.24 bits per heavy atom. The number of amides is 1. The molecule has 2 aromatic carbocycles. The second-order valence-corrected chi connectivity index (χ2v) is 5.08. The Kier molecular flexibility index (Phi) is 3.88. The molecule has 21 heavy (non-hydrogen) atoms. The first-order valence-electron chi connectivity index (χ1n) is 6.96. The van der Waals surface area contributed by atoms with E-state index in [9.17, 15) is 9.90 Å². The lowest BCUT2D eigenvalue weighted by molar-refractivity contribution is 0.117. The molecule has 0 aliphatic carbocycles. The van der Waals surface area contributed by atoms with Gasteiger partial charge in [-0.3, -0.25) is 4.90 Å². The Morgan fingerprint density at radius 2 is 1.62 bits per heavy atom. The molecule has 1 amide bonds. The van der Waals surface area contributed by atoms with Gasteiger partial charge in [-0.05, 0) is 11.1 Å². The van der Waals surface area contributed by atoms with E-state index in [1.54, 1.807) is 4.90 Å². The van der Waals surface area contributed by atoms with Crippen molar-refractivity contribution in [2.45, 2.75) is 18.7 Å². The number of nitrogens with zero attached hydrogens (tertiary/aromatic N) is 1. The van der Waals surface area contributed by atoms with Crippen LogP contribution in [0.3, 0.4) is 0 Å². The minimum Gasteiger partial charge on any atom is -0.439 e. The summed E-state index contributed by atoms with van der Waals surface area (Å²) >= 11 is 0. The van der Waals surface area contributed by atoms with Crippen LogP contribution in [0.2, 0.25) is 0 Å². The number of benzene rings is 2. The van der Waals surface area contributed by atoms with E-state index in [1.807, 2.05) is 60.7 Å². The lowest BCUT2D eigenvalue weighted by Gasteiger charge is -2.22. The van der Waals surface area contributed by atoms with Crippen LogP contribution < -0.4 is 0 Å². The van der Waals surface area contributed by atoms with Crippen LogP contribution in [0.5, 0.6) is 0 Å². The Hall–Kier alpha value is -2.33. The van der Waals surface area contributed by atoms with Gasteiger partial charge in [0.05, 0.1) is 12.6 Å². The molecule has 4 nitrogen and oxygen atoms in total. The Labute approximate surface area is 123 Å². The molecule has 1 aliphatic rings. The molecular formula is C17H17NO3. The largest absolute Gasteiger partial charge is 0.439 e. The highest BCUT2D eigenvalue weighted by molar-refractivity contribution is 5.71. The summed E-state index contributed by atoms with van der Waals surface area (Å²) in [5.74, 6) is 0. The molecule has 1 saturated heterocycles. The predicted molar refractivity (Wildman–Crippen MR) is 78.5 cm³/mol. The molecule has 0 spiro atoms. The molecule has 0 unspecified atom stereocenters. The van der Waals surface area contributed by atoms with Crippen molar-refractivity contribution in [3.63, 3.8) is 0 Å². The first-order chi connectivity index (χ1) is 10.3. The highest BCUT2D eigenvalue weighted by Gasteiger charge is 2.41. The highest BCUT2D eigenvalue weighted by Crippen LogP contribution is 2.33. The van der Waals surface area contributed by atoms with Gasteiger partial charge >= 0.3 is 6.09 Å². The van der Waals surface area contributed by atoms with Gasteiger partial charge in [0.25, 0.3) is 0 Å². The van der Waals surface area contributed by atoms with Gasteiger partial charge in [0.2, 0.25) is 0 Å². The quantitative estimate of drug-likeness (QED) is 0.938. The maximum Gasteiger partial charge on any atom is 0.411 e. The van der Waals surface area contributed by atoms with Gasteiger partial charge in [-0.1, -0.05) is 60.7 Å². The lowest BCUT2D eigenvalue weighted by atomic mass is 10.0. The van der Waals surface area contributed by atoms with Crippen LogP contribution in [-0.2, 0) is 11.3 Å². The number of carbonyl (C=O) groups excluding carboxylic acids is 1. The first kappa shape index (κ1) is 13.6. The third-order valence-corrected chi connectivity index (χ3v) is 3.72. The topological polar surface area (TPSA) is 49.8 Å². The Bertz CT molecular complexity index is 600. The average Bonchev–Trinajstić information content (AvgIpc) is 2.85. The van der Waals surface area contributed by atoms with Crippen LogP contribution in [0.25, 0.3) is 0 Å². The second-order valence-electron chi connectivity index (χ2n) is 5.08. The monoisotopic (exact) mass is 283 g/mol. The number of hydrogen-bond donors (Lipinski definition) is 1. The van der Waals surface area contributed by atoms with Crippen LogP contribution in [0.1, 0.15) is 17.2 Å². The number of aliphatic hydroxyl groups is 1. The van der Waals surface area contributed by atoms with E-state index in [0.717, 1.165) is 11.1 Å². The number of aliphatic hydroxyl groups excluding tert-OH is 1. The molecule has 2 atom stereocenters. The summed E-state index contributed by atoms with van der Waals surface area (Å²) in [4.78, 5) is 13.7. The van der Waals surface area contributed by atoms with E-state index < -0.39 is 6.10 Å². The molecule has 1 N–H and O–H groups in total. The van der Waals surface area contributed by atoms with Crippen LogP contribution in [0, 0.1) is 0 Å². The molecule has 0 radical (unpaired) electrons. The summed E-state index contributed by atoms with van der Waals surface area (Å²) in [6.45, 7) is 0.312. The van der Waals surface area contributed by atoms with Crippen molar-refractivity contribution in [2.75, 3.05) is 6.61 Å². The van der Waals surface area contributed by atoms with Crippen LogP contribution in [-0.4, -0.2) is 28.7 Å². The fraction of sp³-hybridized carbons (Fsp3) is 0.235. The minimum atomic E-state index is -0.424. The number of hydrogen-bond acceptors (Lipinski definition) is 3.